The highest BCUT2D eigenvalue weighted by molar-refractivity contribution is 5.03. The van der Waals surface area contributed by atoms with Gasteiger partial charge >= 0.3 is 0 Å². The van der Waals surface area contributed by atoms with Crippen molar-refractivity contribution in [3.63, 3.8) is 0 Å². The van der Waals surface area contributed by atoms with Gasteiger partial charge in [-0.05, 0) is 38.1 Å². The maximum Gasteiger partial charge on any atom is 0.0541 e. The molecule has 2 rings (SSSR count). The van der Waals surface area contributed by atoms with E-state index in [-0.39, 0.29) is 0 Å². The largest absolute Gasteiger partial charge is 0.329 e. The lowest BCUT2D eigenvalue weighted by molar-refractivity contribution is 0.201. The van der Waals surface area contributed by atoms with Crippen molar-refractivity contribution in [2.75, 3.05) is 26.2 Å². The first-order valence-electron chi connectivity index (χ1n) is 6.44. The van der Waals surface area contributed by atoms with Crippen LogP contribution in [0.3, 0.4) is 0 Å². The van der Waals surface area contributed by atoms with Crippen LogP contribution in [0.15, 0.2) is 24.4 Å². The Morgan fingerprint density at radius 3 is 2.82 bits per heavy atom. The second kappa shape index (κ2) is 6.69. The number of nitrogens with two attached hydrogens (primary N) is 1. The molecule has 1 aromatic heterocycles. The quantitative estimate of drug-likeness (QED) is 0.783. The zero-order chi connectivity index (χ0) is 11.9. The van der Waals surface area contributed by atoms with Gasteiger partial charge < -0.3 is 16.0 Å². The summed E-state index contributed by atoms with van der Waals surface area (Å²) in [6, 6.07) is 6.69. The normalized spacial score (nSPS) is 18.4. The molecule has 0 aliphatic carbocycles. The number of hydrogen-bond acceptors (Lipinski definition) is 4. The second-order valence-electron chi connectivity index (χ2n) is 4.61. The Labute approximate surface area is 103 Å². The highest BCUT2D eigenvalue weighted by atomic mass is 15.1. The van der Waals surface area contributed by atoms with E-state index in [1.807, 2.05) is 18.3 Å². The molecular formula is C13H22N4. The molecule has 3 N–H and O–H groups in total. The molecule has 0 amide bonds. The van der Waals surface area contributed by atoms with Crippen molar-refractivity contribution in [2.24, 2.45) is 5.73 Å². The van der Waals surface area contributed by atoms with Crippen LogP contribution in [0.1, 0.15) is 18.5 Å². The van der Waals surface area contributed by atoms with E-state index >= 15 is 0 Å². The van der Waals surface area contributed by atoms with Crippen LogP contribution in [-0.4, -0.2) is 42.1 Å². The summed E-state index contributed by atoms with van der Waals surface area (Å²) >= 11 is 0. The minimum absolute atomic E-state index is 0.631. The molecule has 4 nitrogen and oxygen atoms in total. The summed E-state index contributed by atoms with van der Waals surface area (Å²) in [5.74, 6) is 0. The van der Waals surface area contributed by atoms with Crippen molar-refractivity contribution in [1.29, 1.82) is 0 Å². The Hall–Kier alpha value is -0.970. The number of nitrogens with zero attached hydrogens (tertiary/aromatic N) is 2. The molecule has 94 valence electrons. The number of likely N-dealkylation sites (tertiary alicyclic amines) is 1. The SMILES string of the molecule is NCCN1CCC(NCc2ccccn2)CC1. The molecule has 17 heavy (non-hydrogen) atoms. The summed E-state index contributed by atoms with van der Waals surface area (Å²) in [5.41, 5.74) is 6.69. The summed E-state index contributed by atoms with van der Waals surface area (Å²) in [6.07, 6.45) is 4.28. The molecule has 4 heteroatoms. The number of aromatic nitrogens is 1. The third-order valence-electron chi connectivity index (χ3n) is 3.33. The van der Waals surface area contributed by atoms with Crippen LogP contribution in [-0.2, 0) is 6.54 Å². The first-order valence-corrected chi connectivity index (χ1v) is 6.44. The summed E-state index contributed by atoms with van der Waals surface area (Å²) in [7, 11) is 0. The molecule has 1 fully saturated rings. The van der Waals surface area contributed by atoms with E-state index in [2.05, 4.69) is 21.3 Å². The predicted molar refractivity (Wildman–Crippen MR) is 69.6 cm³/mol. The predicted octanol–water partition coefficient (Wildman–Crippen LogP) is 0.594. The minimum atomic E-state index is 0.631. The fraction of sp³-hybridized carbons (Fsp3) is 0.615. The zero-order valence-corrected chi connectivity index (χ0v) is 10.3. The van der Waals surface area contributed by atoms with Gasteiger partial charge in [-0.3, -0.25) is 4.98 Å². The topological polar surface area (TPSA) is 54.2 Å². The fourth-order valence-corrected chi connectivity index (χ4v) is 2.29. The van der Waals surface area contributed by atoms with Crippen LogP contribution in [0.5, 0.6) is 0 Å². The van der Waals surface area contributed by atoms with Gasteiger partial charge in [0.1, 0.15) is 0 Å². The average Bonchev–Trinajstić information content (AvgIpc) is 2.40. The molecule has 0 bridgehead atoms. The molecule has 1 saturated heterocycles. The van der Waals surface area contributed by atoms with Gasteiger partial charge in [0.15, 0.2) is 0 Å². The Morgan fingerprint density at radius 2 is 2.18 bits per heavy atom. The van der Waals surface area contributed by atoms with Gasteiger partial charge in [0.05, 0.1) is 5.69 Å². The average molecular weight is 234 g/mol. The number of hydrogen-bond donors (Lipinski definition) is 2. The Morgan fingerprint density at radius 1 is 1.35 bits per heavy atom. The van der Waals surface area contributed by atoms with Crippen LogP contribution in [0.4, 0.5) is 0 Å². The summed E-state index contributed by atoms with van der Waals surface area (Å²) < 4.78 is 0. The minimum Gasteiger partial charge on any atom is -0.329 e. The van der Waals surface area contributed by atoms with Gasteiger partial charge in [-0.25, -0.2) is 0 Å². The highest BCUT2D eigenvalue weighted by Crippen LogP contribution is 2.10. The first-order chi connectivity index (χ1) is 8.38. The molecular weight excluding hydrogens is 212 g/mol. The lowest BCUT2D eigenvalue weighted by Gasteiger charge is -2.32. The Kier molecular flexibility index (Phi) is 4.91. The van der Waals surface area contributed by atoms with E-state index in [0.29, 0.717) is 6.04 Å². The molecule has 0 unspecified atom stereocenters. The Balaban J connectivity index is 1.68. The third-order valence-corrected chi connectivity index (χ3v) is 3.33. The first kappa shape index (κ1) is 12.5. The standard InChI is InChI=1S/C13H22N4/c14-6-10-17-8-4-12(5-9-17)16-11-13-3-1-2-7-15-13/h1-3,7,12,16H,4-6,8-11,14H2. The molecule has 0 atom stereocenters. The van der Waals surface area contributed by atoms with Crippen molar-refractivity contribution in [2.45, 2.75) is 25.4 Å². The Bertz CT molecular complexity index is 306. The van der Waals surface area contributed by atoms with Crippen molar-refractivity contribution in [3.05, 3.63) is 30.1 Å². The maximum atomic E-state index is 5.56. The van der Waals surface area contributed by atoms with E-state index in [1.54, 1.807) is 0 Å². The van der Waals surface area contributed by atoms with Gasteiger partial charge in [-0.2, -0.15) is 0 Å². The fourth-order valence-electron chi connectivity index (χ4n) is 2.29. The molecule has 0 radical (unpaired) electrons. The van der Waals surface area contributed by atoms with Crippen molar-refractivity contribution in [3.8, 4) is 0 Å². The second-order valence-corrected chi connectivity index (χ2v) is 4.61. The number of rotatable bonds is 5. The molecule has 0 spiro atoms. The molecule has 1 aliphatic rings. The van der Waals surface area contributed by atoms with Crippen molar-refractivity contribution < 1.29 is 0 Å². The van der Waals surface area contributed by atoms with Crippen LogP contribution in [0, 0.1) is 0 Å². The highest BCUT2D eigenvalue weighted by Gasteiger charge is 2.17. The van der Waals surface area contributed by atoms with E-state index in [9.17, 15) is 0 Å². The number of piperidine rings is 1. The van der Waals surface area contributed by atoms with Crippen molar-refractivity contribution >= 4 is 0 Å². The van der Waals surface area contributed by atoms with Gasteiger partial charge in [-0.1, -0.05) is 6.07 Å². The summed E-state index contributed by atoms with van der Waals surface area (Å²) in [6.45, 7) is 5.01. The van der Waals surface area contributed by atoms with Crippen LogP contribution < -0.4 is 11.1 Å². The zero-order valence-electron chi connectivity index (χ0n) is 10.3. The maximum absolute atomic E-state index is 5.56. The van der Waals surface area contributed by atoms with Crippen LogP contribution >= 0.6 is 0 Å². The molecule has 0 aromatic carbocycles. The summed E-state index contributed by atoms with van der Waals surface area (Å²) in [4.78, 5) is 6.76. The van der Waals surface area contributed by atoms with E-state index in [1.165, 1.54) is 12.8 Å². The van der Waals surface area contributed by atoms with Crippen molar-refractivity contribution in [1.82, 2.24) is 15.2 Å². The van der Waals surface area contributed by atoms with Crippen LogP contribution in [0.25, 0.3) is 0 Å². The third kappa shape index (κ3) is 4.07. The lowest BCUT2D eigenvalue weighted by Crippen LogP contribution is -2.43. The van der Waals surface area contributed by atoms with Gasteiger partial charge in [0.2, 0.25) is 0 Å². The molecule has 1 aliphatic heterocycles. The lowest BCUT2D eigenvalue weighted by atomic mass is 10.0. The van der Waals surface area contributed by atoms with E-state index in [0.717, 1.165) is 38.4 Å². The smallest absolute Gasteiger partial charge is 0.0541 e. The number of pyridine rings is 1. The molecule has 2 heterocycles. The van der Waals surface area contributed by atoms with Gasteiger partial charge in [0, 0.05) is 31.9 Å². The van der Waals surface area contributed by atoms with Gasteiger partial charge in [0.25, 0.3) is 0 Å². The molecule has 0 saturated carbocycles. The monoisotopic (exact) mass is 234 g/mol. The molecule has 1 aromatic rings. The van der Waals surface area contributed by atoms with Crippen LogP contribution in [0.2, 0.25) is 0 Å². The van der Waals surface area contributed by atoms with E-state index in [4.69, 9.17) is 5.73 Å². The van der Waals surface area contributed by atoms with E-state index < -0.39 is 0 Å². The summed E-state index contributed by atoms with van der Waals surface area (Å²) in [5, 5.41) is 3.58. The number of nitrogens with one attached hydrogen (secondary N) is 1. The van der Waals surface area contributed by atoms with Gasteiger partial charge in [-0.15, -0.1) is 0 Å².